The Balaban J connectivity index is 1.76. The van der Waals surface area contributed by atoms with Gasteiger partial charge < -0.3 is 10.2 Å². The van der Waals surface area contributed by atoms with E-state index in [-0.39, 0.29) is 0 Å². The van der Waals surface area contributed by atoms with Crippen molar-refractivity contribution in [1.29, 1.82) is 0 Å². The average Bonchev–Trinajstić information content (AvgIpc) is 2.38. The molecule has 0 saturated carbocycles. The van der Waals surface area contributed by atoms with Gasteiger partial charge in [0.1, 0.15) is 0 Å². The molecule has 1 atom stereocenters. The van der Waals surface area contributed by atoms with Crippen LogP contribution in [0.2, 0.25) is 0 Å². The van der Waals surface area contributed by atoms with E-state index in [1.54, 1.807) is 0 Å². The standard InChI is InChI=1S/C15H25N3/c1-15(8-3-4-9-17-15)13-18(2)12-7-14-5-10-16-11-6-14/h5-6,10-11,17H,3-4,7-9,12-13H2,1-2H3. The Bertz CT molecular complexity index is 344. The Hall–Kier alpha value is -0.930. The SMILES string of the molecule is CN(CCc1ccncc1)CC1(C)CCCCN1. The van der Waals surface area contributed by atoms with Gasteiger partial charge in [0.25, 0.3) is 0 Å². The maximum absolute atomic E-state index is 4.05. The van der Waals surface area contributed by atoms with E-state index in [2.05, 4.69) is 41.3 Å². The number of nitrogens with one attached hydrogen (secondary N) is 1. The zero-order chi connectivity index (χ0) is 12.8. The molecule has 100 valence electrons. The number of pyridine rings is 1. The second kappa shape index (κ2) is 6.30. The van der Waals surface area contributed by atoms with Crippen molar-refractivity contribution in [1.82, 2.24) is 15.2 Å². The molecule has 0 aliphatic carbocycles. The summed E-state index contributed by atoms with van der Waals surface area (Å²) in [5.74, 6) is 0. The molecular formula is C15H25N3. The third-order valence-electron chi connectivity index (χ3n) is 3.86. The molecule has 1 aromatic heterocycles. The molecule has 0 bridgehead atoms. The van der Waals surface area contributed by atoms with Crippen LogP contribution in [0.1, 0.15) is 31.7 Å². The predicted molar refractivity (Wildman–Crippen MR) is 75.7 cm³/mol. The molecule has 0 aromatic carbocycles. The van der Waals surface area contributed by atoms with Crippen molar-refractivity contribution in [3.8, 4) is 0 Å². The van der Waals surface area contributed by atoms with Gasteiger partial charge in [-0.05, 0) is 57.5 Å². The molecule has 1 unspecified atom stereocenters. The zero-order valence-corrected chi connectivity index (χ0v) is 11.7. The highest BCUT2D eigenvalue weighted by atomic mass is 15.1. The van der Waals surface area contributed by atoms with Crippen molar-refractivity contribution in [2.75, 3.05) is 26.7 Å². The molecule has 1 aromatic rings. The molecule has 1 saturated heterocycles. The maximum atomic E-state index is 4.05. The van der Waals surface area contributed by atoms with E-state index in [1.807, 2.05) is 12.4 Å². The molecule has 1 N–H and O–H groups in total. The van der Waals surface area contributed by atoms with E-state index in [9.17, 15) is 0 Å². The van der Waals surface area contributed by atoms with Gasteiger partial charge in [-0.15, -0.1) is 0 Å². The van der Waals surface area contributed by atoms with Gasteiger partial charge in [0.15, 0.2) is 0 Å². The number of rotatable bonds is 5. The first-order valence-electron chi connectivity index (χ1n) is 7.00. The maximum Gasteiger partial charge on any atom is 0.0280 e. The van der Waals surface area contributed by atoms with Gasteiger partial charge >= 0.3 is 0 Å². The number of aromatic nitrogens is 1. The largest absolute Gasteiger partial charge is 0.310 e. The van der Waals surface area contributed by atoms with Crippen molar-refractivity contribution in [2.24, 2.45) is 0 Å². The number of hydrogen-bond acceptors (Lipinski definition) is 3. The first-order chi connectivity index (χ1) is 8.68. The van der Waals surface area contributed by atoms with Crippen LogP contribution < -0.4 is 5.32 Å². The topological polar surface area (TPSA) is 28.2 Å². The lowest BCUT2D eigenvalue weighted by molar-refractivity contribution is 0.188. The highest BCUT2D eigenvalue weighted by Crippen LogP contribution is 2.19. The van der Waals surface area contributed by atoms with Crippen LogP contribution in [0.25, 0.3) is 0 Å². The summed E-state index contributed by atoms with van der Waals surface area (Å²) in [6, 6.07) is 4.21. The van der Waals surface area contributed by atoms with Crippen LogP contribution in [0, 0.1) is 0 Å². The minimum Gasteiger partial charge on any atom is -0.310 e. The van der Waals surface area contributed by atoms with E-state index >= 15 is 0 Å². The Kier molecular flexibility index (Phi) is 4.72. The van der Waals surface area contributed by atoms with E-state index in [0.717, 1.165) is 19.5 Å². The summed E-state index contributed by atoms with van der Waals surface area (Å²) >= 11 is 0. The third kappa shape index (κ3) is 4.07. The first kappa shape index (κ1) is 13.5. The second-order valence-electron chi connectivity index (χ2n) is 5.79. The van der Waals surface area contributed by atoms with Crippen molar-refractivity contribution in [3.63, 3.8) is 0 Å². The third-order valence-corrected chi connectivity index (χ3v) is 3.86. The molecule has 1 aliphatic heterocycles. The minimum absolute atomic E-state index is 0.311. The summed E-state index contributed by atoms with van der Waals surface area (Å²) in [5, 5.41) is 3.67. The lowest BCUT2D eigenvalue weighted by atomic mass is 9.90. The van der Waals surface area contributed by atoms with Crippen molar-refractivity contribution in [3.05, 3.63) is 30.1 Å². The molecule has 18 heavy (non-hydrogen) atoms. The van der Waals surface area contributed by atoms with Gasteiger partial charge in [-0.2, -0.15) is 0 Å². The molecule has 0 radical (unpaired) electrons. The summed E-state index contributed by atoms with van der Waals surface area (Å²) in [5.41, 5.74) is 1.68. The van der Waals surface area contributed by atoms with Crippen LogP contribution in [0.5, 0.6) is 0 Å². The summed E-state index contributed by atoms with van der Waals surface area (Å²) in [6.07, 6.45) is 8.85. The molecule has 0 amide bonds. The van der Waals surface area contributed by atoms with E-state index < -0.39 is 0 Å². The van der Waals surface area contributed by atoms with Gasteiger partial charge in [0.2, 0.25) is 0 Å². The average molecular weight is 247 g/mol. The van der Waals surface area contributed by atoms with Crippen molar-refractivity contribution in [2.45, 2.75) is 38.1 Å². The van der Waals surface area contributed by atoms with Crippen LogP contribution in [-0.2, 0) is 6.42 Å². The Morgan fingerprint density at radius 1 is 1.33 bits per heavy atom. The molecule has 2 heterocycles. The molecular weight excluding hydrogens is 222 g/mol. The van der Waals surface area contributed by atoms with Crippen LogP contribution in [-0.4, -0.2) is 42.1 Å². The zero-order valence-electron chi connectivity index (χ0n) is 11.7. The fourth-order valence-corrected chi connectivity index (χ4v) is 2.80. The number of piperidine rings is 1. The quantitative estimate of drug-likeness (QED) is 0.863. The van der Waals surface area contributed by atoms with Crippen molar-refractivity contribution < 1.29 is 0 Å². The van der Waals surface area contributed by atoms with Crippen LogP contribution in [0.4, 0.5) is 0 Å². The lowest BCUT2D eigenvalue weighted by Crippen LogP contribution is -2.53. The molecule has 3 heteroatoms. The van der Waals surface area contributed by atoms with Crippen LogP contribution in [0.15, 0.2) is 24.5 Å². The second-order valence-corrected chi connectivity index (χ2v) is 5.79. The summed E-state index contributed by atoms with van der Waals surface area (Å²) < 4.78 is 0. The fraction of sp³-hybridized carbons (Fsp3) is 0.667. The molecule has 3 nitrogen and oxygen atoms in total. The highest BCUT2D eigenvalue weighted by molar-refractivity contribution is 5.09. The number of nitrogens with zero attached hydrogens (tertiary/aromatic N) is 2. The van der Waals surface area contributed by atoms with Gasteiger partial charge in [-0.3, -0.25) is 4.98 Å². The van der Waals surface area contributed by atoms with Crippen LogP contribution >= 0.6 is 0 Å². The summed E-state index contributed by atoms with van der Waals surface area (Å²) in [6.45, 7) is 5.78. The molecule has 0 spiro atoms. The molecule has 1 fully saturated rings. The lowest BCUT2D eigenvalue weighted by Gasteiger charge is -2.38. The fourth-order valence-electron chi connectivity index (χ4n) is 2.80. The highest BCUT2D eigenvalue weighted by Gasteiger charge is 2.27. The summed E-state index contributed by atoms with van der Waals surface area (Å²) in [4.78, 5) is 6.50. The van der Waals surface area contributed by atoms with E-state index in [1.165, 1.54) is 31.4 Å². The predicted octanol–water partition coefficient (Wildman–Crippen LogP) is 2.09. The molecule has 2 rings (SSSR count). The van der Waals surface area contributed by atoms with Crippen LogP contribution in [0.3, 0.4) is 0 Å². The smallest absolute Gasteiger partial charge is 0.0280 e. The Morgan fingerprint density at radius 3 is 2.78 bits per heavy atom. The van der Waals surface area contributed by atoms with E-state index in [0.29, 0.717) is 5.54 Å². The van der Waals surface area contributed by atoms with Gasteiger partial charge in [-0.1, -0.05) is 6.42 Å². The Labute approximate surface area is 111 Å². The first-order valence-corrected chi connectivity index (χ1v) is 7.00. The van der Waals surface area contributed by atoms with Gasteiger partial charge in [0.05, 0.1) is 0 Å². The normalized spacial score (nSPS) is 24.4. The van der Waals surface area contributed by atoms with Gasteiger partial charge in [0, 0.05) is 31.0 Å². The monoisotopic (exact) mass is 247 g/mol. The van der Waals surface area contributed by atoms with E-state index in [4.69, 9.17) is 0 Å². The minimum atomic E-state index is 0.311. The molecule has 1 aliphatic rings. The Morgan fingerprint density at radius 2 is 2.11 bits per heavy atom. The summed E-state index contributed by atoms with van der Waals surface area (Å²) in [7, 11) is 2.22. The number of likely N-dealkylation sites (N-methyl/N-ethyl adjacent to an activating group) is 1. The van der Waals surface area contributed by atoms with Gasteiger partial charge in [-0.25, -0.2) is 0 Å². The number of hydrogen-bond donors (Lipinski definition) is 1. The van der Waals surface area contributed by atoms with Crippen molar-refractivity contribution >= 4 is 0 Å².